The maximum absolute atomic E-state index is 11.3. The third-order valence-corrected chi connectivity index (χ3v) is 4.11. The first kappa shape index (κ1) is 13.6. The summed E-state index contributed by atoms with van der Waals surface area (Å²) in [4.78, 5) is 13.0. The minimum absolute atomic E-state index is 0.217. The molecule has 0 bridgehead atoms. The number of hydrogen-bond donors (Lipinski definition) is 0. The van der Waals surface area contributed by atoms with E-state index in [0.29, 0.717) is 19.5 Å². The molecule has 1 rings (SSSR count). The molecule has 1 heterocycles. The molecule has 0 aromatic rings. The van der Waals surface area contributed by atoms with Crippen LogP contribution in [-0.4, -0.2) is 62.4 Å². The van der Waals surface area contributed by atoms with Crippen molar-refractivity contribution in [2.75, 3.05) is 39.0 Å². The summed E-state index contributed by atoms with van der Waals surface area (Å²) in [6, 6.07) is 0. The van der Waals surface area contributed by atoms with Gasteiger partial charge in [-0.1, -0.05) is 0 Å². The highest BCUT2D eigenvalue weighted by molar-refractivity contribution is 7.88. The van der Waals surface area contributed by atoms with Gasteiger partial charge in [0.05, 0.1) is 6.26 Å². The molecule has 0 N–H and O–H groups in total. The van der Waals surface area contributed by atoms with Crippen molar-refractivity contribution in [2.24, 2.45) is 0 Å². The molecule has 16 heavy (non-hydrogen) atoms. The van der Waals surface area contributed by atoms with Gasteiger partial charge in [-0.15, -0.1) is 0 Å². The molecule has 0 unspecified atom stereocenters. The molecule has 0 radical (unpaired) electrons. The highest BCUT2D eigenvalue weighted by Crippen LogP contribution is 2.06. The van der Waals surface area contributed by atoms with E-state index in [2.05, 4.69) is 4.90 Å². The SMILES string of the molecule is CC(=O)CCCN1CCN(S(C)(=O)=O)CC1. The molecule has 5 nitrogen and oxygen atoms in total. The van der Waals surface area contributed by atoms with Crippen LogP contribution in [0.15, 0.2) is 0 Å². The van der Waals surface area contributed by atoms with Crippen LogP contribution in [0.4, 0.5) is 0 Å². The summed E-state index contributed by atoms with van der Waals surface area (Å²) >= 11 is 0. The number of sulfonamides is 1. The first-order chi connectivity index (χ1) is 7.39. The van der Waals surface area contributed by atoms with Gasteiger partial charge < -0.3 is 9.69 Å². The van der Waals surface area contributed by atoms with E-state index in [1.54, 1.807) is 6.92 Å². The monoisotopic (exact) mass is 248 g/mol. The minimum Gasteiger partial charge on any atom is -0.301 e. The van der Waals surface area contributed by atoms with Gasteiger partial charge in [-0.05, 0) is 19.9 Å². The first-order valence-electron chi connectivity index (χ1n) is 5.56. The lowest BCUT2D eigenvalue weighted by Crippen LogP contribution is -2.48. The fourth-order valence-corrected chi connectivity index (χ4v) is 2.66. The van der Waals surface area contributed by atoms with E-state index in [-0.39, 0.29) is 5.78 Å². The van der Waals surface area contributed by atoms with Crippen molar-refractivity contribution in [3.05, 3.63) is 0 Å². The van der Waals surface area contributed by atoms with Crippen molar-refractivity contribution in [1.29, 1.82) is 0 Å². The molecule has 0 aliphatic carbocycles. The number of Topliss-reactive ketones (excluding diaryl/α,β-unsaturated/α-hetero) is 1. The summed E-state index contributed by atoms with van der Waals surface area (Å²) in [6.07, 6.45) is 2.74. The second-order valence-corrected chi connectivity index (χ2v) is 6.29. The zero-order chi connectivity index (χ0) is 12.2. The lowest BCUT2D eigenvalue weighted by Gasteiger charge is -2.33. The Morgan fingerprint density at radius 2 is 1.75 bits per heavy atom. The molecule has 0 aromatic heterocycles. The van der Waals surface area contributed by atoms with Crippen LogP contribution in [-0.2, 0) is 14.8 Å². The van der Waals surface area contributed by atoms with Crippen LogP contribution in [0.2, 0.25) is 0 Å². The third kappa shape index (κ3) is 4.59. The van der Waals surface area contributed by atoms with Gasteiger partial charge in [0.2, 0.25) is 10.0 Å². The molecule has 0 amide bonds. The summed E-state index contributed by atoms with van der Waals surface area (Å²) in [7, 11) is -3.03. The standard InChI is InChI=1S/C10H20N2O3S/c1-10(13)4-3-5-11-6-8-12(9-7-11)16(2,14)15/h3-9H2,1-2H3. The summed E-state index contributed by atoms with van der Waals surface area (Å²) < 4.78 is 24.0. The average Bonchev–Trinajstić information content (AvgIpc) is 2.16. The fourth-order valence-electron chi connectivity index (χ4n) is 1.84. The third-order valence-electron chi connectivity index (χ3n) is 2.80. The summed E-state index contributed by atoms with van der Waals surface area (Å²) in [5, 5.41) is 0. The molecule has 0 aromatic carbocycles. The number of carbonyl (C=O) groups excluding carboxylic acids is 1. The normalized spacial score (nSPS) is 19.9. The van der Waals surface area contributed by atoms with Gasteiger partial charge in [0, 0.05) is 32.6 Å². The predicted octanol–water partition coefficient (Wildman–Crippen LogP) is -0.0672. The van der Waals surface area contributed by atoms with E-state index in [1.807, 2.05) is 0 Å². The maximum Gasteiger partial charge on any atom is 0.211 e. The molecule has 0 saturated carbocycles. The van der Waals surface area contributed by atoms with Gasteiger partial charge in [-0.25, -0.2) is 8.42 Å². The van der Waals surface area contributed by atoms with Crippen molar-refractivity contribution in [3.8, 4) is 0 Å². The summed E-state index contributed by atoms with van der Waals surface area (Å²) in [5.41, 5.74) is 0. The van der Waals surface area contributed by atoms with Gasteiger partial charge >= 0.3 is 0 Å². The molecular weight excluding hydrogens is 228 g/mol. The Kier molecular flexibility index (Phi) is 4.89. The van der Waals surface area contributed by atoms with Gasteiger partial charge in [0.15, 0.2) is 0 Å². The van der Waals surface area contributed by atoms with Crippen LogP contribution in [0.1, 0.15) is 19.8 Å². The van der Waals surface area contributed by atoms with Crippen LogP contribution >= 0.6 is 0 Å². The highest BCUT2D eigenvalue weighted by atomic mass is 32.2. The lowest BCUT2D eigenvalue weighted by atomic mass is 10.2. The van der Waals surface area contributed by atoms with Gasteiger partial charge in [0.25, 0.3) is 0 Å². The number of hydrogen-bond acceptors (Lipinski definition) is 4. The Hall–Kier alpha value is -0.460. The smallest absolute Gasteiger partial charge is 0.211 e. The number of ketones is 1. The first-order valence-corrected chi connectivity index (χ1v) is 7.41. The van der Waals surface area contributed by atoms with Crippen molar-refractivity contribution in [3.63, 3.8) is 0 Å². The molecule has 1 saturated heterocycles. The number of piperazine rings is 1. The van der Waals surface area contributed by atoms with Crippen molar-refractivity contribution in [1.82, 2.24) is 9.21 Å². The zero-order valence-electron chi connectivity index (χ0n) is 9.98. The van der Waals surface area contributed by atoms with Crippen LogP contribution < -0.4 is 0 Å². The Labute approximate surface area is 97.5 Å². The number of rotatable bonds is 5. The number of carbonyl (C=O) groups is 1. The van der Waals surface area contributed by atoms with Crippen molar-refractivity contribution >= 4 is 15.8 Å². The van der Waals surface area contributed by atoms with Crippen LogP contribution in [0.5, 0.6) is 0 Å². The highest BCUT2D eigenvalue weighted by Gasteiger charge is 2.22. The van der Waals surface area contributed by atoms with E-state index < -0.39 is 10.0 Å². The largest absolute Gasteiger partial charge is 0.301 e. The van der Waals surface area contributed by atoms with Gasteiger partial charge in [0.1, 0.15) is 5.78 Å². The predicted molar refractivity (Wildman–Crippen MR) is 62.8 cm³/mol. The molecule has 1 aliphatic heterocycles. The topological polar surface area (TPSA) is 57.7 Å². The molecular formula is C10H20N2O3S. The summed E-state index contributed by atoms with van der Waals surface area (Å²) in [6.45, 7) is 5.16. The van der Waals surface area contributed by atoms with E-state index >= 15 is 0 Å². The lowest BCUT2D eigenvalue weighted by molar-refractivity contribution is -0.117. The zero-order valence-corrected chi connectivity index (χ0v) is 10.8. The molecule has 0 spiro atoms. The van der Waals surface area contributed by atoms with E-state index in [4.69, 9.17) is 0 Å². The van der Waals surface area contributed by atoms with Gasteiger partial charge in [-0.2, -0.15) is 4.31 Å². The summed E-state index contributed by atoms with van der Waals surface area (Å²) in [5.74, 6) is 0.217. The molecule has 6 heteroatoms. The van der Waals surface area contributed by atoms with Gasteiger partial charge in [-0.3, -0.25) is 0 Å². The molecule has 0 atom stereocenters. The van der Waals surface area contributed by atoms with Crippen molar-refractivity contribution < 1.29 is 13.2 Å². The Bertz CT molecular complexity index is 332. The quantitative estimate of drug-likeness (QED) is 0.683. The minimum atomic E-state index is -3.03. The second kappa shape index (κ2) is 5.75. The average molecular weight is 248 g/mol. The second-order valence-electron chi connectivity index (χ2n) is 4.31. The van der Waals surface area contributed by atoms with E-state index in [9.17, 15) is 13.2 Å². The molecule has 1 fully saturated rings. The van der Waals surface area contributed by atoms with Crippen LogP contribution in [0, 0.1) is 0 Å². The Morgan fingerprint density at radius 1 is 1.19 bits per heavy atom. The Balaban J connectivity index is 2.25. The molecule has 1 aliphatic rings. The van der Waals surface area contributed by atoms with E-state index in [1.165, 1.54) is 10.6 Å². The van der Waals surface area contributed by atoms with Crippen molar-refractivity contribution in [2.45, 2.75) is 19.8 Å². The van der Waals surface area contributed by atoms with E-state index in [0.717, 1.165) is 26.1 Å². The molecule has 94 valence electrons. The van der Waals surface area contributed by atoms with Crippen LogP contribution in [0.25, 0.3) is 0 Å². The van der Waals surface area contributed by atoms with Crippen LogP contribution in [0.3, 0.4) is 0 Å². The maximum atomic E-state index is 11.3. The Morgan fingerprint density at radius 3 is 2.19 bits per heavy atom. The fraction of sp³-hybridized carbons (Fsp3) is 0.900. The number of nitrogens with zero attached hydrogens (tertiary/aromatic N) is 2.